The lowest BCUT2D eigenvalue weighted by Gasteiger charge is -2.37. The van der Waals surface area contributed by atoms with Gasteiger partial charge in [0.25, 0.3) is 0 Å². The number of hydrogen-bond acceptors (Lipinski definition) is 2. The Kier molecular flexibility index (Phi) is 2.55. The highest BCUT2D eigenvalue weighted by molar-refractivity contribution is 4.88. The zero-order valence-electron chi connectivity index (χ0n) is 7.80. The quantitative estimate of drug-likeness (QED) is 0.652. The third-order valence-electron chi connectivity index (χ3n) is 2.72. The molecule has 0 spiro atoms. The Labute approximate surface area is 69.2 Å². The maximum atomic E-state index is 9.13. The molecule has 66 valence electrons. The first-order chi connectivity index (χ1) is 5.08. The summed E-state index contributed by atoms with van der Waals surface area (Å²) in [6.45, 7) is 7.86. The normalized spacial score (nSPS) is 27.8. The van der Waals surface area contributed by atoms with E-state index < -0.39 is 0 Å². The van der Waals surface area contributed by atoms with Crippen molar-refractivity contribution in [3.8, 4) is 0 Å². The standard InChI is InChI=1S/C9H19NO/c1-8-5-4-6-10(8)9(2,3)7-11/h8,11H,4-7H2,1-3H3. The Morgan fingerprint density at radius 3 is 2.55 bits per heavy atom. The van der Waals surface area contributed by atoms with Gasteiger partial charge in [-0.1, -0.05) is 0 Å². The molecule has 11 heavy (non-hydrogen) atoms. The second-order valence-electron chi connectivity index (χ2n) is 4.16. The summed E-state index contributed by atoms with van der Waals surface area (Å²) in [7, 11) is 0. The van der Waals surface area contributed by atoms with Crippen LogP contribution in [-0.4, -0.2) is 34.7 Å². The fourth-order valence-corrected chi connectivity index (χ4v) is 1.92. The second kappa shape index (κ2) is 3.11. The topological polar surface area (TPSA) is 23.5 Å². The van der Waals surface area contributed by atoms with Crippen molar-refractivity contribution in [1.82, 2.24) is 4.90 Å². The van der Waals surface area contributed by atoms with Crippen molar-refractivity contribution in [3.05, 3.63) is 0 Å². The number of aliphatic hydroxyl groups is 1. The highest BCUT2D eigenvalue weighted by atomic mass is 16.3. The molecule has 0 aromatic rings. The lowest BCUT2D eigenvalue weighted by Crippen LogP contribution is -2.48. The molecule has 2 heteroatoms. The first-order valence-electron chi connectivity index (χ1n) is 4.45. The van der Waals surface area contributed by atoms with Gasteiger partial charge >= 0.3 is 0 Å². The molecule has 1 N–H and O–H groups in total. The van der Waals surface area contributed by atoms with Crippen LogP contribution in [0.2, 0.25) is 0 Å². The molecule has 1 saturated heterocycles. The number of likely N-dealkylation sites (tertiary alicyclic amines) is 1. The van der Waals surface area contributed by atoms with E-state index in [1.54, 1.807) is 0 Å². The van der Waals surface area contributed by atoms with Gasteiger partial charge < -0.3 is 5.11 Å². The monoisotopic (exact) mass is 157 g/mol. The van der Waals surface area contributed by atoms with Gasteiger partial charge in [-0.15, -0.1) is 0 Å². The van der Waals surface area contributed by atoms with Crippen LogP contribution < -0.4 is 0 Å². The molecule has 0 aliphatic carbocycles. The van der Waals surface area contributed by atoms with Crippen molar-refractivity contribution < 1.29 is 5.11 Å². The molecule has 1 aliphatic rings. The van der Waals surface area contributed by atoms with E-state index >= 15 is 0 Å². The van der Waals surface area contributed by atoms with E-state index in [-0.39, 0.29) is 12.1 Å². The second-order valence-corrected chi connectivity index (χ2v) is 4.16. The van der Waals surface area contributed by atoms with Crippen LogP contribution in [0.25, 0.3) is 0 Å². The van der Waals surface area contributed by atoms with E-state index in [9.17, 15) is 0 Å². The van der Waals surface area contributed by atoms with Gasteiger partial charge in [-0.05, 0) is 40.2 Å². The average Bonchev–Trinajstić information content (AvgIpc) is 2.36. The summed E-state index contributed by atoms with van der Waals surface area (Å²) >= 11 is 0. The molecule has 0 amide bonds. The van der Waals surface area contributed by atoms with Crippen molar-refractivity contribution >= 4 is 0 Å². The number of nitrogens with zero attached hydrogens (tertiary/aromatic N) is 1. The molecule has 1 rings (SSSR count). The van der Waals surface area contributed by atoms with Crippen LogP contribution in [0.5, 0.6) is 0 Å². The molecule has 1 unspecified atom stereocenters. The van der Waals surface area contributed by atoms with E-state index in [4.69, 9.17) is 5.11 Å². The Hall–Kier alpha value is -0.0800. The summed E-state index contributed by atoms with van der Waals surface area (Å²) in [6.07, 6.45) is 2.56. The molecule has 1 atom stereocenters. The zero-order chi connectivity index (χ0) is 8.48. The Morgan fingerprint density at radius 1 is 1.55 bits per heavy atom. The van der Waals surface area contributed by atoms with Gasteiger partial charge in [-0.3, -0.25) is 4.90 Å². The third kappa shape index (κ3) is 1.74. The molecule has 1 fully saturated rings. The van der Waals surface area contributed by atoms with Gasteiger partial charge in [0, 0.05) is 11.6 Å². The Balaban J connectivity index is 2.58. The van der Waals surface area contributed by atoms with Gasteiger partial charge in [-0.25, -0.2) is 0 Å². The molecule has 0 saturated carbocycles. The third-order valence-corrected chi connectivity index (χ3v) is 2.72. The molecule has 1 aliphatic heterocycles. The van der Waals surface area contributed by atoms with Crippen LogP contribution in [0.15, 0.2) is 0 Å². The average molecular weight is 157 g/mol. The summed E-state index contributed by atoms with van der Waals surface area (Å²) in [5.41, 5.74) is -0.0179. The van der Waals surface area contributed by atoms with Crippen LogP contribution in [0.1, 0.15) is 33.6 Å². The summed E-state index contributed by atoms with van der Waals surface area (Å²) in [4.78, 5) is 2.40. The van der Waals surface area contributed by atoms with Crippen molar-refractivity contribution in [2.75, 3.05) is 13.2 Å². The highest BCUT2D eigenvalue weighted by Gasteiger charge is 2.32. The molecular formula is C9H19NO. The maximum Gasteiger partial charge on any atom is 0.0610 e. The first-order valence-corrected chi connectivity index (χ1v) is 4.45. The molecule has 0 bridgehead atoms. The summed E-state index contributed by atoms with van der Waals surface area (Å²) < 4.78 is 0. The van der Waals surface area contributed by atoms with Crippen molar-refractivity contribution in [2.45, 2.75) is 45.2 Å². The molecular weight excluding hydrogens is 138 g/mol. The number of aliphatic hydroxyl groups excluding tert-OH is 1. The molecule has 0 aromatic heterocycles. The van der Waals surface area contributed by atoms with Crippen LogP contribution >= 0.6 is 0 Å². The molecule has 2 nitrogen and oxygen atoms in total. The zero-order valence-corrected chi connectivity index (χ0v) is 7.80. The van der Waals surface area contributed by atoms with Gasteiger partial charge in [0.1, 0.15) is 0 Å². The summed E-state index contributed by atoms with van der Waals surface area (Å²) in [6, 6.07) is 0.650. The first kappa shape index (κ1) is 9.01. The van der Waals surface area contributed by atoms with Crippen molar-refractivity contribution in [2.24, 2.45) is 0 Å². The lowest BCUT2D eigenvalue weighted by molar-refractivity contribution is 0.0522. The predicted molar refractivity (Wildman–Crippen MR) is 46.6 cm³/mol. The van der Waals surface area contributed by atoms with Crippen LogP contribution in [0, 0.1) is 0 Å². The fraction of sp³-hybridized carbons (Fsp3) is 1.00. The Bertz CT molecular complexity index is 134. The van der Waals surface area contributed by atoms with Crippen molar-refractivity contribution in [3.63, 3.8) is 0 Å². The summed E-state index contributed by atoms with van der Waals surface area (Å²) in [5, 5.41) is 9.13. The van der Waals surface area contributed by atoms with Gasteiger partial charge in [0.15, 0.2) is 0 Å². The maximum absolute atomic E-state index is 9.13. The van der Waals surface area contributed by atoms with Crippen molar-refractivity contribution in [1.29, 1.82) is 0 Å². The SMILES string of the molecule is CC1CCCN1C(C)(C)CO. The number of rotatable bonds is 2. The van der Waals surface area contributed by atoms with Gasteiger partial charge in [0.05, 0.1) is 6.61 Å². The van der Waals surface area contributed by atoms with E-state index in [0.717, 1.165) is 6.54 Å². The Morgan fingerprint density at radius 2 is 2.18 bits per heavy atom. The van der Waals surface area contributed by atoms with Crippen LogP contribution in [0.4, 0.5) is 0 Å². The fourth-order valence-electron chi connectivity index (χ4n) is 1.92. The minimum Gasteiger partial charge on any atom is -0.394 e. The van der Waals surface area contributed by atoms with E-state index in [1.807, 2.05) is 0 Å². The predicted octanol–water partition coefficient (Wildman–Crippen LogP) is 1.24. The summed E-state index contributed by atoms with van der Waals surface area (Å²) in [5.74, 6) is 0. The minimum absolute atomic E-state index is 0.0179. The van der Waals surface area contributed by atoms with Crippen LogP contribution in [0.3, 0.4) is 0 Å². The van der Waals surface area contributed by atoms with E-state index in [1.165, 1.54) is 12.8 Å². The largest absolute Gasteiger partial charge is 0.394 e. The van der Waals surface area contributed by atoms with E-state index in [2.05, 4.69) is 25.7 Å². The minimum atomic E-state index is -0.0179. The van der Waals surface area contributed by atoms with Gasteiger partial charge in [-0.2, -0.15) is 0 Å². The smallest absolute Gasteiger partial charge is 0.0610 e. The van der Waals surface area contributed by atoms with Crippen LogP contribution in [-0.2, 0) is 0 Å². The number of hydrogen-bond donors (Lipinski definition) is 1. The lowest BCUT2D eigenvalue weighted by atomic mass is 10.0. The van der Waals surface area contributed by atoms with Gasteiger partial charge in [0.2, 0.25) is 0 Å². The highest BCUT2D eigenvalue weighted by Crippen LogP contribution is 2.25. The van der Waals surface area contributed by atoms with E-state index in [0.29, 0.717) is 6.04 Å². The molecule has 0 aromatic carbocycles. The molecule has 1 heterocycles. The molecule has 0 radical (unpaired) electrons.